The molecule has 1 aromatic carbocycles. The molecule has 0 spiro atoms. The predicted molar refractivity (Wildman–Crippen MR) is 54.2 cm³/mol. The third kappa shape index (κ3) is 2.79. The number of carbonyl (C=O) groups is 1. The summed E-state index contributed by atoms with van der Waals surface area (Å²) in [6.45, 7) is 1.25. The van der Waals surface area contributed by atoms with E-state index >= 15 is 0 Å². The van der Waals surface area contributed by atoms with Crippen LogP contribution >= 0.6 is 23.2 Å². The molecule has 1 atom stereocenters. The smallest absolute Gasteiger partial charge is 0.344 e. The fourth-order valence-electron chi connectivity index (χ4n) is 0.659. The number of halogens is 2. The standard InChI is InChI=1S/C9H8Cl2O3/c1-5(9(12)13)14-8-3-2-6(10)4-7(8)11/h2-5H,1H3,(H,12,13)/i2D,3D,4D. The van der Waals surface area contributed by atoms with E-state index in [2.05, 4.69) is 0 Å². The Morgan fingerprint density at radius 2 is 2.29 bits per heavy atom. The Hall–Kier alpha value is -0.930. The molecule has 0 bridgehead atoms. The van der Waals surface area contributed by atoms with Crippen molar-refractivity contribution in [2.45, 2.75) is 13.0 Å². The first kappa shape index (κ1) is 7.37. The monoisotopic (exact) mass is 237 g/mol. The minimum Gasteiger partial charge on any atom is -0.479 e. The van der Waals surface area contributed by atoms with Crippen molar-refractivity contribution in [2.24, 2.45) is 0 Å². The number of aliphatic carboxylic acids is 1. The van der Waals surface area contributed by atoms with E-state index in [0.29, 0.717) is 0 Å². The lowest BCUT2D eigenvalue weighted by Gasteiger charge is -2.11. The summed E-state index contributed by atoms with van der Waals surface area (Å²) in [6.07, 6.45) is -1.24. The molecule has 3 nitrogen and oxygen atoms in total. The summed E-state index contributed by atoms with van der Waals surface area (Å²) in [5.41, 5.74) is 0. The van der Waals surface area contributed by atoms with Gasteiger partial charge in [-0.15, -0.1) is 0 Å². The van der Waals surface area contributed by atoms with Crippen LogP contribution in [0.2, 0.25) is 10.0 Å². The fourth-order valence-corrected chi connectivity index (χ4v) is 1.04. The van der Waals surface area contributed by atoms with Crippen LogP contribution in [0.25, 0.3) is 0 Å². The van der Waals surface area contributed by atoms with E-state index in [1.807, 2.05) is 0 Å². The topological polar surface area (TPSA) is 46.5 Å². The second kappa shape index (κ2) is 4.53. The fraction of sp³-hybridized carbons (Fsp3) is 0.222. The molecule has 0 heterocycles. The highest BCUT2D eigenvalue weighted by molar-refractivity contribution is 6.35. The number of carboxylic acid groups (broad SMARTS) is 1. The van der Waals surface area contributed by atoms with E-state index in [4.69, 9.17) is 37.2 Å². The van der Waals surface area contributed by atoms with Crippen LogP contribution in [0.5, 0.6) is 5.75 Å². The van der Waals surface area contributed by atoms with Gasteiger partial charge >= 0.3 is 5.97 Å². The molecular formula is C9H8Cl2O3. The molecule has 0 aliphatic rings. The van der Waals surface area contributed by atoms with Crippen LogP contribution in [0.15, 0.2) is 18.1 Å². The van der Waals surface area contributed by atoms with Gasteiger partial charge in [0, 0.05) is 5.02 Å². The van der Waals surface area contributed by atoms with Gasteiger partial charge in [-0.05, 0) is 25.1 Å². The second-order valence-corrected chi connectivity index (χ2v) is 3.19. The van der Waals surface area contributed by atoms with Crippen molar-refractivity contribution in [1.29, 1.82) is 0 Å². The van der Waals surface area contributed by atoms with Crippen LogP contribution in [0.4, 0.5) is 0 Å². The number of rotatable bonds is 3. The molecule has 0 aromatic heterocycles. The van der Waals surface area contributed by atoms with Crippen molar-refractivity contribution in [3.8, 4) is 5.75 Å². The SMILES string of the molecule is [2H]c1c([2H])c(OC(C)C(=O)O)c(Cl)c([2H])c1Cl. The summed E-state index contributed by atoms with van der Waals surface area (Å²) < 4.78 is 27.4. The summed E-state index contributed by atoms with van der Waals surface area (Å²) in [5, 5.41) is 8.13. The molecule has 0 saturated carbocycles. The molecule has 1 N–H and O–H groups in total. The summed E-state index contributed by atoms with van der Waals surface area (Å²) in [4.78, 5) is 10.6. The lowest BCUT2D eigenvalue weighted by Crippen LogP contribution is -2.22. The van der Waals surface area contributed by atoms with E-state index in [1.165, 1.54) is 6.92 Å². The highest BCUT2D eigenvalue weighted by Crippen LogP contribution is 2.28. The Bertz CT molecular complexity index is 450. The minimum absolute atomic E-state index is 0.268. The van der Waals surface area contributed by atoms with Gasteiger partial charge in [-0.2, -0.15) is 0 Å². The van der Waals surface area contributed by atoms with E-state index in [9.17, 15) is 4.79 Å². The summed E-state index contributed by atoms with van der Waals surface area (Å²) >= 11 is 11.3. The Morgan fingerprint density at radius 3 is 2.86 bits per heavy atom. The van der Waals surface area contributed by atoms with Gasteiger partial charge in [0.25, 0.3) is 0 Å². The number of benzene rings is 1. The molecule has 14 heavy (non-hydrogen) atoms. The van der Waals surface area contributed by atoms with Crippen molar-refractivity contribution < 1.29 is 18.8 Å². The Labute approximate surface area is 95.4 Å². The maximum absolute atomic E-state index is 10.6. The number of hydrogen-bond acceptors (Lipinski definition) is 2. The van der Waals surface area contributed by atoms with Gasteiger partial charge in [0.1, 0.15) is 5.75 Å². The van der Waals surface area contributed by atoms with E-state index in [0.717, 1.165) is 0 Å². The number of carboxylic acids is 1. The molecule has 1 rings (SSSR count). The molecule has 0 aliphatic carbocycles. The van der Waals surface area contributed by atoms with Gasteiger partial charge in [-0.25, -0.2) is 4.79 Å². The maximum atomic E-state index is 10.6. The summed E-state index contributed by atoms with van der Waals surface area (Å²) in [5.74, 6) is -1.56. The summed E-state index contributed by atoms with van der Waals surface area (Å²) in [7, 11) is 0. The normalized spacial score (nSPS) is 15.2. The number of ether oxygens (including phenoxy) is 1. The molecule has 0 saturated heterocycles. The van der Waals surface area contributed by atoms with Gasteiger partial charge in [-0.3, -0.25) is 0 Å². The first-order valence-electron chi connectivity index (χ1n) is 5.11. The summed E-state index contributed by atoms with van der Waals surface area (Å²) in [6, 6.07) is -1.22. The van der Waals surface area contributed by atoms with Crippen molar-refractivity contribution in [2.75, 3.05) is 0 Å². The third-order valence-corrected chi connectivity index (χ3v) is 1.80. The van der Waals surface area contributed by atoms with Crippen molar-refractivity contribution in [1.82, 2.24) is 0 Å². The lowest BCUT2D eigenvalue weighted by molar-refractivity contribution is -0.144. The molecule has 1 unspecified atom stereocenters. The average Bonchev–Trinajstić information content (AvgIpc) is 2.29. The molecule has 0 radical (unpaired) electrons. The van der Waals surface area contributed by atoms with Crippen molar-refractivity contribution >= 4 is 29.2 Å². The molecule has 5 heteroatoms. The molecule has 76 valence electrons. The van der Waals surface area contributed by atoms with E-state index in [1.54, 1.807) is 0 Å². The minimum atomic E-state index is -1.24. The Balaban J connectivity index is 3.30. The van der Waals surface area contributed by atoms with Gasteiger partial charge in [0.15, 0.2) is 6.10 Å². The first-order valence-corrected chi connectivity index (χ1v) is 4.37. The maximum Gasteiger partial charge on any atom is 0.344 e. The van der Waals surface area contributed by atoms with Gasteiger partial charge in [0.2, 0.25) is 0 Å². The second-order valence-electron chi connectivity index (χ2n) is 2.43. The van der Waals surface area contributed by atoms with Gasteiger partial charge in [0.05, 0.1) is 9.13 Å². The van der Waals surface area contributed by atoms with Crippen LogP contribution in [0.1, 0.15) is 11.0 Å². The van der Waals surface area contributed by atoms with Gasteiger partial charge < -0.3 is 9.84 Å². The zero-order chi connectivity index (χ0) is 13.3. The quantitative estimate of drug-likeness (QED) is 0.880. The van der Waals surface area contributed by atoms with Crippen LogP contribution < -0.4 is 4.74 Å². The third-order valence-electron chi connectivity index (χ3n) is 1.35. The molecule has 0 amide bonds. The lowest BCUT2D eigenvalue weighted by atomic mass is 10.3. The highest BCUT2D eigenvalue weighted by atomic mass is 35.5. The van der Waals surface area contributed by atoms with Crippen LogP contribution in [0, 0.1) is 0 Å². The van der Waals surface area contributed by atoms with E-state index in [-0.39, 0.29) is 21.8 Å². The first-order chi connectivity index (χ1) is 7.77. The molecule has 0 fully saturated rings. The highest BCUT2D eigenvalue weighted by Gasteiger charge is 2.14. The van der Waals surface area contributed by atoms with E-state index < -0.39 is 24.2 Å². The predicted octanol–water partition coefficient (Wildman–Crippen LogP) is 2.85. The van der Waals surface area contributed by atoms with Crippen LogP contribution in [0.3, 0.4) is 0 Å². The van der Waals surface area contributed by atoms with Crippen molar-refractivity contribution in [3.05, 3.63) is 28.2 Å². The zero-order valence-electron chi connectivity index (χ0n) is 10.1. The Kier molecular flexibility index (Phi) is 2.39. The van der Waals surface area contributed by atoms with Gasteiger partial charge in [-0.1, -0.05) is 23.2 Å². The zero-order valence-corrected chi connectivity index (χ0v) is 8.61. The average molecular weight is 238 g/mol. The number of hydrogen-bond donors (Lipinski definition) is 1. The van der Waals surface area contributed by atoms with Crippen LogP contribution in [-0.4, -0.2) is 17.2 Å². The molecule has 0 aliphatic heterocycles. The van der Waals surface area contributed by atoms with Crippen molar-refractivity contribution in [3.63, 3.8) is 0 Å². The molecule has 1 aromatic rings. The van der Waals surface area contributed by atoms with Crippen LogP contribution in [-0.2, 0) is 4.79 Å². The molecular weight excluding hydrogens is 227 g/mol. The largest absolute Gasteiger partial charge is 0.479 e. The Morgan fingerprint density at radius 1 is 1.64 bits per heavy atom.